The third-order valence-corrected chi connectivity index (χ3v) is 3.53. The number of halogens is 3. The van der Waals surface area contributed by atoms with Gasteiger partial charge in [-0.3, -0.25) is 9.59 Å². The Kier molecular flexibility index (Phi) is 5.69. The number of nitrogens with zero attached hydrogens (tertiary/aromatic N) is 2. The summed E-state index contributed by atoms with van der Waals surface area (Å²) in [6.07, 6.45) is -4.55. The van der Waals surface area contributed by atoms with Crippen LogP contribution >= 0.6 is 0 Å². The van der Waals surface area contributed by atoms with Crippen molar-refractivity contribution in [3.05, 3.63) is 47.2 Å². The van der Waals surface area contributed by atoms with Crippen molar-refractivity contribution in [1.82, 2.24) is 10.1 Å². The fourth-order valence-electron chi connectivity index (χ4n) is 2.25. The first-order valence-electron chi connectivity index (χ1n) is 7.79. The maximum absolute atomic E-state index is 12.8. The van der Waals surface area contributed by atoms with Gasteiger partial charge in [-0.1, -0.05) is 11.2 Å². The zero-order valence-electron chi connectivity index (χ0n) is 14.4. The summed E-state index contributed by atoms with van der Waals surface area (Å²) in [5, 5.41) is 6.09. The molecular formula is C17H18F3N3O3. The minimum absolute atomic E-state index is 0.140. The number of alkyl halides is 3. The first kappa shape index (κ1) is 19.5. The Hall–Kier alpha value is -2.84. The molecular weight excluding hydrogens is 351 g/mol. The Bertz CT molecular complexity index is 800. The normalized spacial score (nSPS) is 11.5. The Morgan fingerprint density at radius 2 is 1.96 bits per heavy atom. The standard InChI is InChI=1S/C17H18F3N3O3/c1-10(2)23(9-15(24)21-14-7-11(3)26-22-14)16(25)12-5-4-6-13(8-12)17(18,19)20/h4-8,10H,9H2,1-3H3,(H,21,22,24). The largest absolute Gasteiger partial charge is 0.416 e. The molecule has 140 valence electrons. The highest BCUT2D eigenvalue weighted by molar-refractivity contribution is 5.99. The number of benzene rings is 1. The number of hydrogen-bond acceptors (Lipinski definition) is 4. The van der Waals surface area contributed by atoms with E-state index in [1.165, 1.54) is 17.0 Å². The lowest BCUT2D eigenvalue weighted by Crippen LogP contribution is -2.42. The van der Waals surface area contributed by atoms with Gasteiger partial charge in [-0.15, -0.1) is 0 Å². The van der Waals surface area contributed by atoms with Crippen LogP contribution in [-0.4, -0.2) is 34.5 Å². The van der Waals surface area contributed by atoms with Crippen LogP contribution in [0.5, 0.6) is 0 Å². The van der Waals surface area contributed by atoms with E-state index in [-0.39, 0.29) is 17.9 Å². The van der Waals surface area contributed by atoms with Gasteiger partial charge in [0.1, 0.15) is 12.3 Å². The molecule has 0 aliphatic rings. The van der Waals surface area contributed by atoms with E-state index < -0.39 is 29.6 Å². The molecule has 2 amide bonds. The summed E-state index contributed by atoms with van der Waals surface area (Å²) in [6.45, 7) is 4.65. The average Bonchev–Trinajstić information content (AvgIpc) is 2.96. The van der Waals surface area contributed by atoms with Crippen molar-refractivity contribution in [1.29, 1.82) is 0 Å². The van der Waals surface area contributed by atoms with Crippen molar-refractivity contribution in [3.63, 3.8) is 0 Å². The van der Waals surface area contributed by atoms with Gasteiger partial charge in [-0.2, -0.15) is 13.2 Å². The Morgan fingerprint density at radius 1 is 1.27 bits per heavy atom. The highest BCUT2D eigenvalue weighted by atomic mass is 19.4. The predicted molar refractivity (Wildman–Crippen MR) is 87.5 cm³/mol. The summed E-state index contributed by atoms with van der Waals surface area (Å²) in [7, 11) is 0. The zero-order chi connectivity index (χ0) is 19.5. The molecule has 2 rings (SSSR count). The Morgan fingerprint density at radius 3 is 2.50 bits per heavy atom. The fraction of sp³-hybridized carbons (Fsp3) is 0.353. The summed E-state index contributed by atoms with van der Waals surface area (Å²) in [6, 6.07) is 5.21. The second-order valence-electron chi connectivity index (χ2n) is 5.98. The third kappa shape index (κ3) is 4.84. The molecule has 0 fully saturated rings. The molecule has 0 aliphatic carbocycles. The van der Waals surface area contributed by atoms with E-state index in [0.29, 0.717) is 5.76 Å². The minimum atomic E-state index is -4.55. The van der Waals surface area contributed by atoms with Crippen molar-refractivity contribution in [3.8, 4) is 0 Å². The minimum Gasteiger partial charge on any atom is -0.360 e. The zero-order valence-corrected chi connectivity index (χ0v) is 14.4. The van der Waals surface area contributed by atoms with Crippen LogP contribution in [0.15, 0.2) is 34.9 Å². The molecule has 0 saturated heterocycles. The molecule has 0 spiro atoms. The molecule has 1 N–H and O–H groups in total. The van der Waals surface area contributed by atoms with E-state index in [4.69, 9.17) is 4.52 Å². The van der Waals surface area contributed by atoms with E-state index in [1.54, 1.807) is 20.8 Å². The summed E-state index contributed by atoms with van der Waals surface area (Å²) < 4.78 is 43.3. The first-order chi connectivity index (χ1) is 12.1. The summed E-state index contributed by atoms with van der Waals surface area (Å²) in [5.41, 5.74) is -1.06. The van der Waals surface area contributed by atoms with Gasteiger partial charge >= 0.3 is 6.18 Å². The lowest BCUT2D eigenvalue weighted by atomic mass is 10.1. The molecule has 26 heavy (non-hydrogen) atoms. The van der Waals surface area contributed by atoms with Crippen molar-refractivity contribution in [2.45, 2.75) is 33.0 Å². The highest BCUT2D eigenvalue weighted by Crippen LogP contribution is 2.29. The molecule has 0 atom stereocenters. The number of hydrogen-bond donors (Lipinski definition) is 1. The average molecular weight is 369 g/mol. The van der Waals surface area contributed by atoms with Crippen molar-refractivity contribution >= 4 is 17.6 Å². The quantitative estimate of drug-likeness (QED) is 0.875. The van der Waals surface area contributed by atoms with Crippen LogP contribution in [0.4, 0.5) is 19.0 Å². The van der Waals surface area contributed by atoms with Gasteiger partial charge in [0.25, 0.3) is 5.91 Å². The van der Waals surface area contributed by atoms with Crippen molar-refractivity contribution in [2.75, 3.05) is 11.9 Å². The molecule has 2 aromatic rings. The first-order valence-corrected chi connectivity index (χ1v) is 7.79. The van der Waals surface area contributed by atoms with E-state index in [1.807, 2.05) is 0 Å². The number of aryl methyl sites for hydroxylation is 1. The maximum Gasteiger partial charge on any atom is 0.416 e. The van der Waals surface area contributed by atoms with Gasteiger partial charge in [0.15, 0.2) is 5.82 Å². The van der Waals surface area contributed by atoms with Gasteiger partial charge in [0.2, 0.25) is 5.91 Å². The monoisotopic (exact) mass is 369 g/mol. The number of anilines is 1. The number of carbonyl (C=O) groups is 2. The lowest BCUT2D eigenvalue weighted by molar-refractivity contribution is -0.137. The number of nitrogens with one attached hydrogen (secondary N) is 1. The molecule has 6 nitrogen and oxygen atoms in total. The second-order valence-corrected chi connectivity index (χ2v) is 5.98. The van der Waals surface area contributed by atoms with E-state index >= 15 is 0 Å². The summed E-state index contributed by atoms with van der Waals surface area (Å²) in [4.78, 5) is 25.9. The molecule has 9 heteroatoms. The van der Waals surface area contributed by atoms with Gasteiger partial charge in [0, 0.05) is 17.7 Å². The van der Waals surface area contributed by atoms with Crippen LogP contribution in [0.1, 0.15) is 35.5 Å². The van der Waals surface area contributed by atoms with Gasteiger partial charge in [-0.25, -0.2) is 0 Å². The van der Waals surface area contributed by atoms with Gasteiger partial charge in [-0.05, 0) is 39.0 Å². The molecule has 0 bridgehead atoms. The van der Waals surface area contributed by atoms with Crippen LogP contribution < -0.4 is 5.32 Å². The second kappa shape index (κ2) is 7.59. The maximum atomic E-state index is 12.8. The molecule has 1 aromatic carbocycles. The summed E-state index contributed by atoms with van der Waals surface area (Å²) >= 11 is 0. The van der Waals surface area contributed by atoms with E-state index in [0.717, 1.165) is 18.2 Å². The highest BCUT2D eigenvalue weighted by Gasteiger charge is 2.31. The number of carbonyl (C=O) groups excluding carboxylic acids is 2. The molecule has 0 aliphatic heterocycles. The fourth-order valence-corrected chi connectivity index (χ4v) is 2.25. The van der Waals surface area contributed by atoms with Crippen LogP contribution in [0, 0.1) is 6.92 Å². The SMILES string of the molecule is Cc1cc(NC(=O)CN(C(=O)c2cccc(C(F)(F)F)c2)C(C)C)no1. The Balaban J connectivity index is 2.16. The van der Waals surface area contributed by atoms with Crippen LogP contribution in [-0.2, 0) is 11.0 Å². The predicted octanol–water partition coefficient (Wildman–Crippen LogP) is 3.49. The van der Waals surface area contributed by atoms with Crippen LogP contribution in [0.25, 0.3) is 0 Å². The Labute approximate surface area is 148 Å². The van der Waals surface area contributed by atoms with E-state index in [2.05, 4.69) is 10.5 Å². The van der Waals surface area contributed by atoms with Gasteiger partial charge in [0.05, 0.1) is 5.56 Å². The number of aromatic nitrogens is 1. The van der Waals surface area contributed by atoms with E-state index in [9.17, 15) is 22.8 Å². The molecule has 1 heterocycles. The smallest absolute Gasteiger partial charge is 0.360 e. The summed E-state index contributed by atoms with van der Waals surface area (Å²) in [5.74, 6) is -0.506. The lowest BCUT2D eigenvalue weighted by Gasteiger charge is -2.26. The van der Waals surface area contributed by atoms with Gasteiger partial charge < -0.3 is 14.7 Å². The molecule has 0 radical (unpaired) electrons. The topological polar surface area (TPSA) is 75.4 Å². The van der Waals surface area contributed by atoms with Crippen LogP contribution in [0.2, 0.25) is 0 Å². The van der Waals surface area contributed by atoms with Crippen molar-refractivity contribution in [2.24, 2.45) is 0 Å². The molecule has 0 unspecified atom stereocenters. The molecule has 0 saturated carbocycles. The number of rotatable bonds is 5. The van der Waals surface area contributed by atoms with Crippen molar-refractivity contribution < 1.29 is 27.3 Å². The third-order valence-electron chi connectivity index (χ3n) is 3.53. The van der Waals surface area contributed by atoms with Crippen LogP contribution in [0.3, 0.4) is 0 Å². The number of amides is 2. The molecule has 1 aromatic heterocycles.